The summed E-state index contributed by atoms with van der Waals surface area (Å²) < 4.78 is 11.1. The molecule has 2 N–H and O–H groups in total. The summed E-state index contributed by atoms with van der Waals surface area (Å²) in [4.78, 5) is 23.9. The Hall–Kier alpha value is -4.13. The third kappa shape index (κ3) is 6.98. The van der Waals surface area contributed by atoms with Gasteiger partial charge in [0.2, 0.25) is 0 Å². The molecule has 0 spiro atoms. The molecule has 164 valence electrons. The molecule has 2 amide bonds. The number of nitrogens with zero attached hydrogens (tertiary/aromatic N) is 1. The van der Waals surface area contributed by atoms with E-state index < -0.39 is 0 Å². The average Bonchev–Trinajstić information content (AvgIpc) is 2.79. The largest absolute Gasteiger partial charge is 0.484 e. The van der Waals surface area contributed by atoms with Crippen molar-refractivity contribution in [2.75, 3.05) is 18.5 Å². The lowest BCUT2D eigenvalue weighted by Gasteiger charge is -2.10. The number of benzene rings is 3. The van der Waals surface area contributed by atoms with Crippen molar-refractivity contribution in [3.05, 3.63) is 89.5 Å². The van der Waals surface area contributed by atoms with Crippen LogP contribution in [0.4, 0.5) is 5.69 Å². The van der Waals surface area contributed by atoms with E-state index in [1.165, 1.54) is 6.21 Å². The first-order chi connectivity index (χ1) is 15.5. The molecular weight excluding hydrogens is 406 g/mol. The van der Waals surface area contributed by atoms with E-state index in [-0.39, 0.29) is 25.0 Å². The normalized spacial score (nSPS) is 10.6. The molecule has 0 bridgehead atoms. The predicted molar refractivity (Wildman–Crippen MR) is 124 cm³/mol. The minimum atomic E-state index is -0.353. The number of para-hydroxylation sites is 2. The van der Waals surface area contributed by atoms with Crippen LogP contribution < -0.4 is 20.2 Å². The molecule has 0 fully saturated rings. The van der Waals surface area contributed by atoms with Crippen LogP contribution in [0.5, 0.6) is 11.5 Å². The third-order valence-electron chi connectivity index (χ3n) is 4.47. The third-order valence-corrected chi connectivity index (χ3v) is 4.47. The SMILES string of the molecule is Cc1cccc(C)c1OCC(=O)N/N=C/c1ccc(OCC(=O)Nc2ccccc2)cc1. The highest BCUT2D eigenvalue weighted by Gasteiger charge is 2.07. The minimum absolute atomic E-state index is 0.0985. The molecule has 0 atom stereocenters. The number of ether oxygens (including phenoxy) is 2. The first-order valence-electron chi connectivity index (χ1n) is 10.1. The monoisotopic (exact) mass is 431 g/mol. The van der Waals surface area contributed by atoms with Crippen molar-refractivity contribution in [3.63, 3.8) is 0 Å². The Morgan fingerprint density at radius 1 is 0.812 bits per heavy atom. The topological polar surface area (TPSA) is 89.0 Å². The van der Waals surface area contributed by atoms with E-state index in [0.717, 1.165) is 16.7 Å². The molecule has 0 aromatic heterocycles. The van der Waals surface area contributed by atoms with E-state index in [2.05, 4.69) is 15.8 Å². The van der Waals surface area contributed by atoms with Gasteiger partial charge in [-0.3, -0.25) is 9.59 Å². The van der Waals surface area contributed by atoms with Crippen LogP contribution in [0.3, 0.4) is 0 Å². The lowest BCUT2D eigenvalue weighted by atomic mass is 10.1. The van der Waals surface area contributed by atoms with Gasteiger partial charge in [0, 0.05) is 5.69 Å². The number of amides is 2. The molecular formula is C25H25N3O4. The molecule has 7 nitrogen and oxygen atoms in total. The summed E-state index contributed by atoms with van der Waals surface area (Å²) in [5, 5.41) is 6.69. The van der Waals surface area contributed by atoms with Gasteiger partial charge in [0.1, 0.15) is 11.5 Å². The Kier molecular flexibility index (Phi) is 7.97. The Morgan fingerprint density at radius 2 is 1.47 bits per heavy atom. The summed E-state index contributed by atoms with van der Waals surface area (Å²) in [5.74, 6) is 0.664. The highest BCUT2D eigenvalue weighted by molar-refractivity contribution is 5.91. The molecule has 0 saturated carbocycles. The molecule has 0 heterocycles. The fourth-order valence-electron chi connectivity index (χ4n) is 2.89. The molecule has 32 heavy (non-hydrogen) atoms. The number of hydrazone groups is 1. The number of carbonyl (C=O) groups is 2. The van der Waals surface area contributed by atoms with Crippen molar-refractivity contribution in [1.82, 2.24) is 5.43 Å². The van der Waals surface area contributed by atoms with E-state index in [9.17, 15) is 9.59 Å². The van der Waals surface area contributed by atoms with Crippen LogP contribution >= 0.6 is 0 Å². The maximum absolute atomic E-state index is 12.0. The van der Waals surface area contributed by atoms with E-state index >= 15 is 0 Å². The number of rotatable bonds is 9. The van der Waals surface area contributed by atoms with Gasteiger partial charge in [-0.25, -0.2) is 5.43 Å². The van der Waals surface area contributed by atoms with E-state index in [4.69, 9.17) is 9.47 Å². The second-order valence-electron chi connectivity index (χ2n) is 7.07. The molecule has 0 aliphatic rings. The van der Waals surface area contributed by atoms with Gasteiger partial charge in [0.15, 0.2) is 13.2 Å². The van der Waals surface area contributed by atoms with Crippen molar-refractivity contribution >= 4 is 23.7 Å². The Bertz CT molecular complexity index is 1060. The average molecular weight is 431 g/mol. The van der Waals surface area contributed by atoms with Crippen LogP contribution in [-0.2, 0) is 9.59 Å². The van der Waals surface area contributed by atoms with Gasteiger partial charge in [-0.2, -0.15) is 5.10 Å². The zero-order valence-electron chi connectivity index (χ0n) is 18.0. The van der Waals surface area contributed by atoms with Crippen LogP contribution in [0, 0.1) is 13.8 Å². The van der Waals surface area contributed by atoms with E-state index in [0.29, 0.717) is 17.2 Å². The fourth-order valence-corrected chi connectivity index (χ4v) is 2.89. The van der Waals surface area contributed by atoms with Crippen LogP contribution in [-0.4, -0.2) is 31.2 Å². The van der Waals surface area contributed by atoms with Crippen LogP contribution in [0.15, 0.2) is 77.9 Å². The quantitative estimate of drug-likeness (QED) is 0.398. The molecule has 0 radical (unpaired) electrons. The van der Waals surface area contributed by atoms with Crippen LogP contribution in [0.1, 0.15) is 16.7 Å². The van der Waals surface area contributed by atoms with Crippen molar-refractivity contribution in [3.8, 4) is 11.5 Å². The van der Waals surface area contributed by atoms with Gasteiger partial charge in [-0.1, -0.05) is 36.4 Å². The van der Waals surface area contributed by atoms with Gasteiger partial charge < -0.3 is 14.8 Å². The minimum Gasteiger partial charge on any atom is -0.484 e. The maximum Gasteiger partial charge on any atom is 0.277 e. The molecule has 0 saturated heterocycles. The standard InChI is InChI=1S/C25H25N3O4/c1-18-7-6-8-19(2)25(18)32-17-24(30)28-26-15-20-11-13-22(14-12-20)31-16-23(29)27-21-9-4-3-5-10-21/h3-15H,16-17H2,1-2H3,(H,27,29)(H,28,30)/b26-15+. The Labute approximate surface area is 187 Å². The highest BCUT2D eigenvalue weighted by atomic mass is 16.5. The molecule has 7 heteroatoms. The molecule has 0 aliphatic heterocycles. The Balaban J connectivity index is 1.40. The lowest BCUT2D eigenvalue weighted by Crippen LogP contribution is -2.25. The van der Waals surface area contributed by atoms with Gasteiger partial charge in [-0.15, -0.1) is 0 Å². The van der Waals surface area contributed by atoms with Gasteiger partial charge in [0.25, 0.3) is 11.8 Å². The first kappa shape index (κ1) is 22.6. The van der Waals surface area contributed by atoms with Crippen molar-refractivity contribution in [2.45, 2.75) is 13.8 Å². The lowest BCUT2D eigenvalue weighted by molar-refractivity contribution is -0.123. The first-order valence-corrected chi connectivity index (χ1v) is 10.1. The summed E-state index contributed by atoms with van der Waals surface area (Å²) in [6.07, 6.45) is 1.52. The van der Waals surface area contributed by atoms with Gasteiger partial charge in [0.05, 0.1) is 6.21 Å². The molecule has 0 aliphatic carbocycles. The summed E-state index contributed by atoms with van der Waals surface area (Å²) in [5.41, 5.74) is 5.87. The molecule has 3 aromatic carbocycles. The summed E-state index contributed by atoms with van der Waals surface area (Å²) >= 11 is 0. The number of anilines is 1. The molecule has 3 aromatic rings. The number of carbonyl (C=O) groups excluding carboxylic acids is 2. The second kappa shape index (κ2) is 11.3. The van der Waals surface area contributed by atoms with Gasteiger partial charge in [-0.05, 0) is 66.9 Å². The second-order valence-corrected chi connectivity index (χ2v) is 7.07. The summed E-state index contributed by atoms with van der Waals surface area (Å²) in [6.45, 7) is 3.64. The molecule has 0 unspecified atom stereocenters. The number of hydrogen-bond acceptors (Lipinski definition) is 5. The van der Waals surface area contributed by atoms with Crippen molar-refractivity contribution in [1.29, 1.82) is 0 Å². The predicted octanol–water partition coefficient (Wildman–Crippen LogP) is 3.85. The van der Waals surface area contributed by atoms with Crippen LogP contribution in [0.25, 0.3) is 0 Å². The maximum atomic E-state index is 12.0. The molecule has 3 rings (SSSR count). The number of hydrogen-bond donors (Lipinski definition) is 2. The number of aryl methyl sites for hydroxylation is 2. The zero-order valence-corrected chi connectivity index (χ0v) is 18.0. The highest BCUT2D eigenvalue weighted by Crippen LogP contribution is 2.22. The van der Waals surface area contributed by atoms with E-state index in [1.807, 2.05) is 50.2 Å². The summed E-state index contributed by atoms with van der Waals surface area (Å²) in [6, 6.07) is 22.0. The summed E-state index contributed by atoms with van der Waals surface area (Å²) in [7, 11) is 0. The zero-order chi connectivity index (χ0) is 22.8. The van der Waals surface area contributed by atoms with Crippen molar-refractivity contribution < 1.29 is 19.1 Å². The number of nitrogens with one attached hydrogen (secondary N) is 2. The van der Waals surface area contributed by atoms with Gasteiger partial charge >= 0.3 is 0 Å². The fraction of sp³-hybridized carbons (Fsp3) is 0.160. The van der Waals surface area contributed by atoms with E-state index in [1.54, 1.807) is 36.4 Å². The Morgan fingerprint density at radius 3 is 2.16 bits per heavy atom. The van der Waals surface area contributed by atoms with Crippen molar-refractivity contribution in [2.24, 2.45) is 5.10 Å². The van der Waals surface area contributed by atoms with Crippen LogP contribution in [0.2, 0.25) is 0 Å². The smallest absolute Gasteiger partial charge is 0.277 e.